The molecule has 2 aromatic rings. The molecule has 7 heteroatoms. The number of benzene rings is 2. The van der Waals surface area contributed by atoms with Crippen molar-refractivity contribution < 1.29 is 9.90 Å². The van der Waals surface area contributed by atoms with E-state index >= 15 is 0 Å². The van der Waals surface area contributed by atoms with Crippen molar-refractivity contribution in [2.24, 2.45) is 11.0 Å². The Kier molecular flexibility index (Phi) is 5.37. The molecule has 130 valence electrons. The van der Waals surface area contributed by atoms with E-state index in [0.29, 0.717) is 22.2 Å². The second-order valence-corrected chi connectivity index (χ2v) is 7.50. The number of hydrogen-bond acceptors (Lipinski definition) is 3. The second kappa shape index (κ2) is 7.36. The summed E-state index contributed by atoms with van der Waals surface area (Å²) in [6, 6.07) is 12.7. The van der Waals surface area contributed by atoms with Crippen molar-refractivity contribution in [1.29, 1.82) is 0 Å². The summed E-state index contributed by atoms with van der Waals surface area (Å²) in [4.78, 5) is 11.7. The van der Waals surface area contributed by atoms with Crippen molar-refractivity contribution in [3.63, 3.8) is 0 Å². The van der Waals surface area contributed by atoms with Crippen LogP contribution < -0.4 is 5.01 Å². The number of hydrogen-bond donors (Lipinski definition) is 1. The van der Waals surface area contributed by atoms with E-state index in [4.69, 9.17) is 23.2 Å². The van der Waals surface area contributed by atoms with E-state index < -0.39 is 5.97 Å². The van der Waals surface area contributed by atoms with Crippen LogP contribution >= 0.6 is 39.1 Å². The lowest BCUT2D eigenvalue weighted by Crippen LogP contribution is -2.27. The Hall–Kier alpha value is -1.56. The number of carboxylic acid groups (broad SMARTS) is 1. The smallest absolute Gasteiger partial charge is 0.352 e. The Morgan fingerprint density at radius 1 is 1.24 bits per heavy atom. The van der Waals surface area contributed by atoms with E-state index in [1.165, 1.54) is 0 Å². The van der Waals surface area contributed by atoms with Crippen LogP contribution in [0.3, 0.4) is 0 Å². The molecule has 0 aliphatic carbocycles. The molecule has 2 atom stereocenters. The van der Waals surface area contributed by atoms with Crippen molar-refractivity contribution in [3.05, 3.63) is 62.5 Å². The fourth-order valence-corrected chi connectivity index (χ4v) is 3.85. The van der Waals surface area contributed by atoms with Gasteiger partial charge in [0.25, 0.3) is 0 Å². The third-order valence-electron chi connectivity index (χ3n) is 4.24. The SMILES string of the molecule is CCC1C(C(=O)O)=NN(c2ccc(Cl)cc2Cl)C1c1ccc(Br)cc1. The predicted octanol–water partition coefficient (Wildman–Crippen LogP) is 5.78. The molecular weight excluding hydrogens is 427 g/mol. The highest BCUT2D eigenvalue weighted by Crippen LogP contribution is 2.43. The first-order chi connectivity index (χ1) is 11.9. The average molecular weight is 442 g/mol. The Morgan fingerprint density at radius 2 is 1.92 bits per heavy atom. The fraction of sp³-hybridized carbons (Fsp3) is 0.222. The number of halogens is 3. The predicted molar refractivity (Wildman–Crippen MR) is 105 cm³/mol. The molecule has 2 aromatic carbocycles. The molecule has 1 aliphatic heterocycles. The van der Waals surface area contributed by atoms with Gasteiger partial charge >= 0.3 is 5.97 Å². The molecule has 2 unspecified atom stereocenters. The maximum atomic E-state index is 11.7. The van der Waals surface area contributed by atoms with Gasteiger partial charge in [-0.2, -0.15) is 5.10 Å². The van der Waals surface area contributed by atoms with E-state index in [2.05, 4.69) is 21.0 Å². The molecule has 0 saturated heterocycles. The first-order valence-corrected chi connectivity index (χ1v) is 9.28. The summed E-state index contributed by atoms with van der Waals surface area (Å²) in [6.07, 6.45) is 0.646. The van der Waals surface area contributed by atoms with Gasteiger partial charge in [-0.25, -0.2) is 4.79 Å². The summed E-state index contributed by atoms with van der Waals surface area (Å²) in [5, 5.41) is 16.6. The van der Waals surface area contributed by atoms with Gasteiger partial charge in [0.1, 0.15) is 0 Å². The molecule has 0 spiro atoms. The second-order valence-electron chi connectivity index (χ2n) is 5.74. The van der Waals surface area contributed by atoms with E-state index in [1.54, 1.807) is 23.2 Å². The molecule has 0 aromatic heterocycles. The van der Waals surface area contributed by atoms with Crippen molar-refractivity contribution >= 4 is 56.5 Å². The third-order valence-corrected chi connectivity index (χ3v) is 5.30. The van der Waals surface area contributed by atoms with Crippen LogP contribution in [0.25, 0.3) is 0 Å². The maximum Gasteiger partial charge on any atom is 0.352 e. The van der Waals surface area contributed by atoms with Crippen molar-refractivity contribution in [2.45, 2.75) is 19.4 Å². The van der Waals surface area contributed by atoms with Crippen molar-refractivity contribution in [2.75, 3.05) is 5.01 Å². The van der Waals surface area contributed by atoms with Crippen LogP contribution in [0.1, 0.15) is 24.9 Å². The van der Waals surface area contributed by atoms with Gasteiger partial charge in [0, 0.05) is 15.4 Å². The van der Waals surface area contributed by atoms with Crippen LogP contribution in [0.5, 0.6) is 0 Å². The van der Waals surface area contributed by atoms with Crippen LogP contribution in [-0.2, 0) is 4.79 Å². The van der Waals surface area contributed by atoms with Crippen LogP contribution in [-0.4, -0.2) is 16.8 Å². The summed E-state index contributed by atoms with van der Waals surface area (Å²) in [7, 11) is 0. The minimum absolute atomic E-state index is 0.140. The molecule has 0 bridgehead atoms. The summed E-state index contributed by atoms with van der Waals surface area (Å²) in [5.74, 6) is -1.26. The average Bonchev–Trinajstić information content (AvgIpc) is 2.95. The molecule has 0 radical (unpaired) electrons. The zero-order valence-electron chi connectivity index (χ0n) is 13.3. The number of hydrazone groups is 1. The molecule has 3 rings (SSSR count). The van der Waals surface area contributed by atoms with E-state index in [1.807, 2.05) is 31.2 Å². The first-order valence-electron chi connectivity index (χ1n) is 7.74. The molecule has 0 amide bonds. The van der Waals surface area contributed by atoms with Crippen LogP contribution in [0.15, 0.2) is 52.0 Å². The fourth-order valence-electron chi connectivity index (χ4n) is 3.09. The molecule has 1 heterocycles. The summed E-state index contributed by atoms with van der Waals surface area (Å²) in [5.41, 5.74) is 1.75. The molecule has 1 N–H and O–H groups in total. The highest BCUT2D eigenvalue weighted by atomic mass is 79.9. The van der Waals surface area contributed by atoms with Gasteiger partial charge in [0.05, 0.1) is 16.8 Å². The third kappa shape index (κ3) is 3.54. The minimum atomic E-state index is -1.01. The lowest BCUT2D eigenvalue weighted by atomic mass is 9.88. The lowest BCUT2D eigenvalue weighted by molar-refractivity contribution is -0.129. The van der Waals surface area contributed by atoms with E-state index in [-0.39, 0.29) is 17.7 Å². The van der Waals surface area contributed by atoms with Gasteiger partial charge < -0.3 is 5.11 Å². The number of carboxylic acids is 1. The highest BCUT2D eigenvalue weighted by Gasteiger charge is 2.41. The summed E-state index contributed by atoms with van der Waals surface area (Å²) in [6.45, 7) is 1.96. The molecule has 4 nitrogen and oxygen atoms in total. The number of rotatable bonds is 4. The maximum absolute atomic E-state index is 11.7. The standard InChI is InChI=1S/C18H15BrCl2N2O2/c1-2-13-16(18(24)25)22-23(15-8-7-12(20)9-14(15)21)17(13)10-3-5-11(19)6-4-10/h3-9,13,17H,2H2,1H3,(H,24,25). The van der Waals surface area contributed by atoms with Crippen LogP contribution in [0.4, 0.5) is 5.69 Å². The Balaban J connectivity index is 2.13. The highest BCUT2D eigenvalue weighted by molar-refractivity contribution is 9.10. The summed E-state index contributed by atoms with van der Waals surface area (Å²) >= 11 is 15.8. The normalized spacial score (nSPS) is 19.8. The van der Waals surface area contributed by atoms with Gasteiger partial charge in [-0.05, 0) is 42.3 Å². The zero-order chi connectivity index (χ0) is 18.1. The van der Waals surface area contributed by atoms with Gasteiger partial charge in [-0.1, -0.05) is 58.2 Å². The number of carbonyl (C=O) groups is 1. The Morgan fingerprint density at radius 3 is 2.48 bits per heavy atom. The topological polar surface area (TPSA) is 52.9 Å². The van der Waals surface area contributed by atoms with Gasteiger partial charge in [-0.15, -0.1) is 0 Å². The van der Waals surface area contributed by atoms with E-state index in [9.17, 15) is 9.90 Å². The van der Waals surface area contributed by atoms with Crippen LogP contribution in [0.2, 0.25) is 10.0 Å². The van der Waals surface area contributed by atoms with Crippen molar-refractivity contribution in [1.82, 2.24) is 0 Å². The van der Waals surface area contributed by atoms with Gasteiger partial charge in [0.15, 0.2) is 5.71 Å². The quantitative estimate of drug-likeness (QED) is 0.653. The van der Waals surface area contributed by atoms with Crippen LogP contribution in [0, 0.1) is 5.92 Å². The number of nitrogens with zero attached hydrogens (tertiary/aromatic N) is 2. The van der Waals surface area contributed by atoms with Gasteiger partial charge in [-0.3, -0.25) is 5.01 Å². The minimum Gasteiger partial charge on any atom is -0.477 e. The van der Waals surface area contributed by atoms with E-state index in [0.717, 1.165) is 10.0 Å². The Bertz CT molecular complexity index is 839. The largest absolute Gasteiger partial charge is 0.477 e. The van der Waals surface area contributed by atoms with Crippen molar-refractivity contribution in [3.8, 4) is 0 Å². The monoisotopic (exact) mass is 440 g/mol. The molecule has 1 aliphatic rings. The first kappa shape index (κ1) is 18.2. The molecular formula is C18H15BrCl2N2O2. The molecule has 0 fully saturated rings. The Labute approximate surface area is 164 Å². The summed E-state index contributed by atoms with van der Waals surface area (Å²) < 4.78 is 0.956. The lowest BCUT2D eigenvalue weighted by Gasteiger charge is -2.28. The molecule has 25 heavy (non-hydrogen) atoms. The zero-order valence-corrected chi connectivity index (χ0v) is 16.4. The molecule has 0 saturated carbocycles. The number of anilines is 1. The van der Waals surface area contributed by atoms with Gasteiger partial charge in [0.2, 0.25) is 0 Å². The number of aliphatic carboxylic acids is 1.